The van der Waals surface area contributed by atoms with Crippen molar-refractivity contribution in [3.63, 3.8) is 0 Å². The molecule has 0 unspecified atom stereocenters. The molecule has 7 nitrogen and oxygen atoms in total. The number of carboxylic acids is 1. The predicted octanol–water partition coefficient (Wildman–Crippen LogP) is 3.58. The van der Waals surface area contributed by atoms with E-state index in [1.165, 1.54) is 6.42 Å². The Labute approximate surface area is 194 Å². The van der Waals surface area contributed by atoms with Gasteiger partial charge >= 0.3 is 11.9 Å². The third-order valence-electron chi connectivity index (χ3n) is 6.06. The third kappa shape index (κ3) is 7.43. The van der Waals surface area contributed by atoms with Gasteiger partial charge in [0.15, 0.2) is 6.10 Å². The van der Waals surface area contributed by atoms with Crippen LogP contribution in [0.25, 0.3) is 0 Å². The molecule has 2 aromatic carbocycles. The molecule has 4 N–H and O–H groups in total. The molecule has 2 atom stereocenters. The van der Waals surface area contributed by atoms with Gasteiger partial charge in [0, 0.05) is 0 Å². The van der Waals surface area contributed by atoms with E-state index in [1.54, 1.807) is 0 Å². The summed E-state index contributed by atoms with van der Waals surface area (Å²) in [4.78, 5) is 36.9. The monoisotopic (exact) mass is 452 g/mol. The van der Waals surface area contributed by atoms with Gasteiger partial charge in [0.1, 0.15) is 6.04 Å². The van der Waals surface area contributed by atoms with Crippen molar-refractivity contribution in [1.29, 1.82) is 0 Å². The maximum Gasteiger partial charge on any atom is 0.329 e. The Kier molecular flexibility index (Phi) is 9.01. The van der Waals surface area contributed by atoms with Gasteiger partial charge in [-0.1, -0.05) is 92.8 Å². The van der Waals surface area contributed by atoms with Crippen LogP contribution in [0.2, 0.25) is 0 Å². The van der Waals surface area contributed by atoms with E-state index in [-0.39, 0.29) is 0 Å². The van der Waals surface area contributed by atoms with Gasteiger partial charge in [-0.3, -0.25) is 9.59 Å². The molecule has 33 heavy (non-hydrogen) atoms. The lowest BCUT2D eigenvalue weighted by molar-refractivity contribution is -0.152. The van der Waals surface area contributed by atoms with E-state index in [0.29, 0.717) is 12.3 Å². The zero-order valence-corrected chi connectivity index (χ0v) is 18.7. The number of nitrogens with one attached hydrogen (secondary N) is 1. The highest BCUT2D eigenvalue weighted by molar-refractivity contribution is 5.89. The SMILES string of the molecule is N[C@@H](CC(=O)O)C(=O)N[C@@H](CC1CCCCC1)C(=O)OC(c1ccccc1)c1ccccc1. The fourth-order valence-corrected chi connectivity index (χ4v) is 4.31. The summed E-state index contributed by atoms with van der Waals surface area (Å²) in [5.41, 5.74) is 7.38. The van der Waals surface area contributed by atoms with Gasteiger partial charge in [-0.2, -0.15) is 0 Å². The molecule has 176 valence electrons. The van der Waals surface area contributed by atoms with E-state index in [9.17, 15) is 14.4 Å². The van der Waals surface area contributed by atoms with Crippen LogP contribution in [0.15, 0.2) is 60.7 Å². The lowest BCUT2D eigenvalue weighted by Crippen LogP contribution is -2.50. The number of hydrogen-bond donors (Lipinski definition) is 3. The van der Waals surface area contributed by atoms with Crippen molar-refractivity contribution in [3.05, 3.63) is 71.8 Å². The van der Waals surface area contributed by atoms with E-state index in [0.717, 1.165) is 36.8 Å². The molecule has 3 rings (SSSR count). The number of rotatable bonds is 10. The zero-order chi connectivity index (χ0) is 23.6. The van der Waals surface area contributed by atoms with Crippen molar-refractivity contribution in [2.75, 3.05) is 0 Å². The third-order valence-corrected chi connectivity index (χ3v) is 6.06. The molecule has 1 amide bonds. The van der Waals surface area contributed by atoms with Gasteiger partial charge in [0.2, 0.25) is 5.91 Å². The average Bonchev–Trinajstić information content (AvgIpc) is 2.83. The molecule has 7 heteroatoms. The van der Waals surface area contributed by atoms with Crippen molar-refractivity contribution in [2.45, 2.75) is 63.1 Å². The number of benzene rings is 2. The van der Waals surface area contributed by atoms with Gasteiger partial charge in [-0.15, -0.1) is 0 Å². The fourth-order valence-electron chi connectivity index (χ4n) is 4.31. The predicted molar refractivity (Wildman–Crippen MR) is 124 cm³/mol. The van der Waals surface area contributed by atoms with E-state index >= 15 is 0 Å². The summed E-state index contributed by atoms with van der Waals surface area (Å²) in [6.45, 7) is 0. The van der Waals surface area contributed by atoms with Crippen LogP contribution in [-0.2, 0) is 19.1 Å². The summed E-state index contributed by atoms with van der Waals surface area (Å²) in [5.74, 6) is -2.09. The zero-order valence-electron chi connectivity index (χ0n) is 18.7. The molecule has 0 aromatic heterocycles. The molecule has 1 aliphatic rings. The summed E-state index contributed by atoms with van der Waals surface area (Å²) in [6, 6.07) is 16.7. The highest BCUT2D eigenvalue weighted by atomic mass is 16.5. The first kappa shape index (κ1) is 24.5. The molecular formula is C26H32N2O5. The largest absolute Gasteiger partial charge is 0.481 e. The van der Waals surface area contributed by atoms with Gasteiger partial charge < -0.3 is 20.9 Å². The second-order valence-corrected chi connectivity index (χ2v) is 8.64. The number of carboxylic acid groups (broad SMARTS) is 1. The second-order valence-electron chi connectivity index (χ2n) is 8.64. The number of esters is 1. The van der Waals surface area contributed by atoms with Gasteiger partial charge in [0.25, 0.3) is 0 Å². The minimum absolute atomic E-state index is 0.291. The van der Waals surface area contributed by atoms with Crippen LogP contribution in [0.1, 0.15) is 62.2 Å². The molecule has 0 bridgehead atoms. The molecular weight excluding hydrogens is 420 g/mol. The average molecular weight is 453 g/mol. The van der Waals surface area contributed by atoms with Crippen molar-refractivity contribution in [2.24, 2.45) is 11.7 Å². The van der Waals surface area contributed by atoms with Gasteiger partial charge in [-0.25, -0.2) is 4.79 Å². The Hall–Kier alpha value is -3.19. The number of ether oxygens (including phenoxy) is 1. The van der Waals surface area contributed by atoms with Crippen LogP contribution in [-0.4, -0.2) is 35.0 Å². The minimum Gasteiger partial charge on any atom is -0.481 e. The maximum atomic E-state index is 13.4. The Morgan fingerprint density at radius 2 is 1.48 bits per heavy atom. The van der Waals surface area contributed by atoms with Gasteiger partial charge in [-0.05, 0) is 23.5 Å². The quantitative estimate of drug-likeness (QED) is 0.474. The molecule has 0 heterocycles. The molecule has 2 aromatic rings. The Morgan fingerprint density at radius 3 is 2.00 bits per heavy atom. The first-order valence-corrected chi connectivity index (χ1v) is 11.5. The van der Waals surface area contributed by atoms with Crippen molar-refractivity contribution < 1.29 is 24.2 Å². The van der Waals surface area contributed by atoms with Crippen LogP contribution in [0.4, 0.5) is 0 Å². The highest BCUT2D eigenvalue weighted by Crippen LogP contribution is 2.30. The summed E-state index contributed by atoms with van der Waals surface area (Å²) in [7, 11) is 0. The number of aliphatic carboxylic acids is 1. The first-order chi connectivity index (χ1) is 15.9. The highest BCUT2D eigenvalue weighted by Gasteiger charge is 2.31. The molecule has 0 radical (unpaired) electrons. The van der Waals surface area contributed by atoms with Crippen molar-refractivity contribution >= 4 is 17.8 Å². The maximum absolute atomic E-state index is 13.4. The molecule has 0 saturated heterocycles. The number of nitrogens with two attached hydrogens (primary N) is 1. The van der Waals surface area contributed by atoms with Crippen LogP contribution in [0.5, 0.6) is 0 Å². The smallest absolute Gasteiger partial charge is 0.329 e. The molecule has 1 fully saturated rings. The Bertz CT molecular complexity index is 873. The lowest BCUT2D eigenvalue weighted by atomic mass is 9.84. The summed E-state index contributed by atoms with van der Waals surface area (Å²) in [5, 5.41) is 11.6. The van der Waals surface area contributed by atoms with Crippen LogP contribution >= 0.6 is 0 Å². The van der Waals surface area contributed by atoms with Crippen molar-refractivity contribution in [1.82, 2.24) is 5.32 Å². The number of carbonyl (C=O) groups excluding carboxylic acids is 2. The summed E-state index contributed by atoms with van der Waals surface area (Å²) < 4.78 is 5.98. The molecule has 0 spiro atoms. The van der Waals surface area contributed by atoms with E-state index in [1.807, 2.05) is 60.7 Å². The molecule has 0 aliphatic heterocycles. The number of carbonyl (C=O) groups is 3. The van der Waals surface area contributed by atoms with E-state index in [2.05, 4.69) is 5.32 Å². The Balaban J connectivity index is 1.80. The standard InChI is InChI=1S/C26H32N2O5/c27-21(17-23(29)30)25(31)28-22(16-18-10-4-1-5-11-18)26(32)33-24(19-12-6-2-7-13-19)20-14-8-3-9-15-20/h2-3,6-9,12-15,18,21-22,24H,1,4-5,10-11,16-17,27H2,(H,28,31)(H,29,30)/t21-,22-/m0/s1. The topological polar surface area (TPSA) is 119 Å². The van der Waals surface area contributed by atoms with E-state index in [4.69, 9.17) is 15.6 Å². The normalized spacial score (nSPS) is 16.1. The van der Waals surface area contributed by atoms with Crippen LogP contribution in [0, 0.1) is 5.92 Å². The minimum atomic E-state index is -1.23. The summed E-state index contributed by atoms with van der Waals surface area (Å²) >= 11 is 0. The molecule has 1 aliphatic carbocycles. The lowest BCUT2D eigenvalue weighted by Gasteiger charge is -2.28. The number of amides is 1. The van der Waals surface area contributed by atoms with Crippen LogP contribution < -0.4 is 11.1 Å². The second kappa shape index (κ2) is 12.2. The molecule has 1 saturated carbocycles. The van der Waals surface area contributed by atoms with E-state index < -0.39 is 42.5 Å². The van der Waals surface area contributed by atoms with Gasteiger partial charge in [0.05, 0.1) is 12.5 Å². The fraction of sp³-hybridized carbons (Fsp3) is 0.423. The first-order valence-electron chi connectivity index (χ1n) is 11.5. The summed E-state index contributed by atoms with van der Waals surface area (Å²) in [6.07, 6.45) is 4.65. The number of hydrogen-bond acceptors (Lipinski definition) is 5. The Morgan fingerprint density at radius 1 is 0.939 bits per heavy atom. The van der Waals surface area contributed by atoms with Crippen LogP contribution in [0.3, 0.4) is 0 Å². The van der Waals surface area contributed by atoms with Crippen molar-refractivity contribution in [3.8, 4) is 0 Å².